The van der Waals surface area contributed by atoms with Gasteiger partial charge in [0.15, 0.2) is 0 Å². The van der Waals surface area contributed by atoms with Crippen LogP contribution in [0, 0.1) is 6.92 Å². The molecule has 0 spiro atoms. The Hall–Kier alpha value is -2.94. The molecule has 1 aliphatic carbocycles. The molecule has 3 aromatic rings. The highest BCUT2D eigenvalue weighted by atomic mass is 16.4. The van der Waals surface area contributed by atoms with Gasteiger partial charge in [0.2, 0.25) is 0 Å². The van der Waals surface area contributed by atoms with E-state index in [-0.39, 0.29) is 0 Å². The molecule has 0 fully saturated rings. The number of para-hydroxylation sites is 1. The molecule has 3 heteroatoms. The average molecular weight is 314 g/mol. The molecule has 1 aliphatic rings. The van der Waals surface area contributed by atoms with E-state index in [9.17, 15) is 9.90 Å². The molecule has 0 radical (unpaired) electrons. The number of rotatable bonds is 2. The number of hydrogen-bond donors (Lipinski definition) is 0. The molecule has 0 bridgehead atoms. The smallest absolute Gasteiger partial charge is 0.0725 e. The highest BCUT2D eigenvalue weighted by molar-refractivity contribution is 6.05. The highest BCUT2D eigenvalue weighted by Gasteiger charge is 2.23. The van der Waals surface area contributed by atoms with E-state index >= 15 is 0 Å². The lowest BCUT2D eigenvalue weighted by Gasteiger charge is -2.13. The second-order valence-electron chi connectivity index (χ2n) is 6.20. The summed E-state index contributed by atoms with van der Waals surface area (Å²) < 4.78 is 0. The molecule has 3 nitrogen and oxygen atoms in total. The summed E-state index contributed by atoms with van der Waals surface area (Å²) in [7, 11) is 0. The van der Waals surface area contributed by atoms with Gasteiger partial charge in [0.05, 0.1) is 17.2 Å². The van der Waals surface area contributed by atoms with Crippen LogP contribution in [0.15, 0.2) is 48.5 Å². The number of fused-ring (bicyclic) bond motifs is 2. The van der Waals surface area contributed by atoms with Crippen molar-refractivity contribution in [3.05, 3.63) is 76.5 Å². The van der Waals surface area contributed by atoms with Gasteiger partial charge in [-0.25, -0.2) is 4.98 Å². The van der Waals surface area contributed by atoms with Crippen LogP contribution in [0.1, 0.15) is 39.2 Å². The van der Waals surface area contributed by atoms with E-state index in [1.807, 2.05) is 18.2 Å². The minimum atomic E-state index is -1.12. The standard InChI is InChI=1S/C21H17NO2/c1-13-6-8-14(9-7-13)12-15-10-11-17-19(21(23)24)16-4-2-3-5-18(16)22-20(15)17/h2-9,12H,10-11H2,1H3,(H,23,24)/p-1/b15-12+. The van der Waals surface area contributed by atoms with Crippen molar-refractivity contribution in [1.82, 2.24) is 4.98 Å². The first-order valence-corrected chi connectivity index (χ1v) is 8.04. The zero-order valence-corrected chi connectivity index (χ0v) is 13.4. The van der Waals surface area contributed by atoms with Gasteiger partial charge >= 0.3 is 0 Å². The molecule has 0 unspecified atom stereocenters. The second kappa shape index (κ2) is 5.60. The zero-order valence-electron chi connectivity index (χ0n) is 13.4. The van der Waals surface area contributed by atoms with Gasteiger partial charge in [-0.05, 0) is 48.6 Å². The van der Waals surface area contributed by atoms with Gasteiger partial charge in [0.1, 0.15) is 0 Å². The van der Waals surface area contributed by atoms with Crippen molar-refractivity contribution in [2.75, 3.05) is 0 Å². The van der Waals surface area contributed by atoms with Crippen molar-refractivity contribution < 1.29 is 9.90 Å². The Balaban J connectivity index is 1.92. The largest absolute Gasteiger partial charge is 0.545 e. The van der Waals surface area contributed by atoms with E-state index < -0.39 is 5.97 Å². The summed E-state index contributed by atoms with van der Waals surface area (Å²) in [5, 5.41) is 12.4. The molecule has 0 atom stereocenters. The average Bonchev–Trinajstić information content (AvgIpc) is 2.97. The van der Waals surface area contributed by atoms with Crippen molar-refractivity contribution in [2.45, 2.75) is 19.8 Å². The third-order valence-electron chi connectivity index (χ3n) is 4.56. The van der Waals surface area contributed by atoms with Gasteiger partial charge in [0.25, 0.3) is 0 Å². The normalized spacial score (nSPS) is 15.0. The number of hydrogen-bond acceptors (Lipinski definition) is 3. The molecule has 2 aromatic carbocycles. The van der Waals surface area contributed by atoms with Crippen molar-refractivity contribution in [1.29, 1.82) is 0 Å². The Bertz CT molecular complexity index is 985. The van der Waals surface area contributed by atoms with Crippen LogP contribution in [-0.2, 0) is 6.42 Å². The molecule has 118 valence electrons. The number of carbonyl (C=O) groups is 1. The molecule has 0 N–H and O–H groups in total. The fourth-order valence-corrected chi connectivity index (χ4v) is 3.38. The predicted molar refractivity (Wildman–Crippen MR) is 93.4 cm³/mol. The van der Waals surface area contributed by atoms with Crippen LogP contribution in [0.3, 0.4) is 0 Å². The number of pyridine rings is 1. The third-order valence-corrected chi connectivity index (χ3v) is 4.56. The Morgan fingerprint density at radius 3 is 2.58 bits per heavy atom. The van der Waals surface area contributed by atoms with E-state index in [2.05, 4.69) is 37.3 Å². The summed E-state index contributed by atoms with van der Waals surface area (Å²) in [5.74, 6) is -1.12. The second-order valence-corrected chi connectivity index (χ2v) is 6.20. The molecular weight excluding hydrogens is 298 g/mol. The molecule has 24 heavy (non-hydrogen) atoms. The van der Waals surface area contributed by atoms with Crippen LogP contribution < -0.4 is 5.11 Å². The molecule has 4 rings (SSSR count). The lowest BCUT2D eigenvalue weighted by Crippen LogP contribution is -2.24. The molecule has 0 aliphatic heterocycles. The number of carboxylic acids is 1. The summed E-state index contributed by atoms with van der Waals surface area (Å²) >= 11 is 0. The number of aryl methyl sites for hydroxylation is 1. The Labute approximate surface area is 140 Å². The topological polar surface area (TPSA) is 53.0 Å². The fourth-order valence-electron chi connectivity index (χ4n) is 3.38. The summed E-state index contributed by atoms with van der Waals surface area (Å²) in [5.41, 5.74) is 6.00. The van der Waals surface area contributed by atoms with Crippen LogP contribution in [0.2, 0.25) is 0 Å². The minimum absolute atomic E-state index is 0.294. The summed E-state index contributed by atoms with van der Waals surface area (Å²) in [4.78, 5) is 16.5. The van der Waals surface area contributed by atoms with Crippen molar-refractivity contribution in [3.8, 4) is 0 Å². The number of nitrogens with zero attached hydrogens (tertiary/aromatic N) is 1. The van der Waals surface area contributed by atoms with Crippen molar-refractivity contribution >= 4 is 28.5 Å². The van der Waals surface area contributed by atoms with E-state index in [0.717, 1.165) is 28.8 Å². The van der Waals surface area contributed by atoms with Crippen molar-refractivity contribution in [3.63, 3.8) is 0 Å². The molecule has 0 saturated carbocycles. The van der Waals surface area contributed by atoms with E-state index in [0.29, 0.717) is 22.9 Å². The number of carboxylic acid groups (broad SMARTS) is 1. The zero-order chi connectivity index (χ0) is 16.7. The van der Waals surface area contributed by atoms with E-state index in [1.54, 1.807) is 6.07 Å². The van der Waals surface area contributed by atoms with Crippen LogP contribution in [0.25, 0.3) is 22.6 Å². The van der Waals surface area contributed by atoms with Crippen LogP contribution >= 0.6 is 0 Å². The quantitative estimate of drug-likeness (QED) is 0.728. The first-order chi connectivity index (χ1) is 11.6. The third kappa shape index (κ3) is 2.38. The van der Waals surface area contributed by atoms with Crippen molar-refractivity contribution in [2.24, 2.45) is 0 Å². The first kappa shape index (κ1) is 14.6. The predicted octanol–water partition coefficient (Wildman–Crippen LogP) is 3.39. The maximum absolute atomic E-state index is 11.7. The molecule has 0 saturated heterocycles. The first-order valence-electron chi connectivity index (χ1n) is 8.04. The Morgan fingerprint density at radius 2 is 1.83 bits per heavy atom. The molecular formula is C21H16NO2-. The van der Waals surface area contributed by atoms with Gasteiger partial charge in [-0.15, -0.1) is 0 Å². The number of benzene rings is 2. The van der Waals surface area contributed by atoms with E-state index in [1.165, 1.54) is 5.56 Å². The van der Waals surface area contributed by atoms with Crippen LogP contribution in [0.5, 0.6) is 0 Å². The van der Waals surface area contributed by atoms with Gasteiger partial charge < -0.3 is 9.90 Å². The molecule has 1 aromatic heterocycles. The summed E-state index contributed by atoms with van der Waals surface area (Å²) in [6.45, 7) is 2.06. The minimum Gasteiger partial charge on any atom is -0.545 e. The summed E-state index contributed by atoms with van der Waals surface area (Å²) in [6, 6.07) is 15.6. The summed E-state index contributed by atoms with van der Waals surface area (Å²) in [6.07, 6.45) is 3.59. The van der Waals surface area contributed by atoms with Gasteiger partial charge in [0, 0.05) is 10.9 Å². The maximum Gasteiger partial charge on any atom is 0.0725 e. The number of allylic oxidation sites excluding steroid dienone is 1. The lowest BCUT2D eigenvalue weighted by atomic mass is 10.0. The monoisotopic (exact) mass is 314 g/mol. The molecule has 1 heterocycles. The van der Waals surface area contributed by atoms with Crippen LogP contribution in [0.4, 0.5) is 0 Å². The number of aromatic carboxylic acids is 1. The molecule has 0 amide bonds. The Kier molecular flexibility index (Phi) is 3.42. The van der Waals surface area contributed by atoms with Crippen LogP contribution in [-0.4, -0.2) is 11.0 Å². The highest BCUT2D eigenvalue weighted by Crippen LogP contribution is 2.37. The number of aromatic nitrogens is 1. The van der Waals surface area contributed by atoms with Gasteiger partial charge in [-0.3, -0.25) is 0 Å². The number of carbonyl (C=O) groups excluding carboxylic acids is 1. The fraction of sp³-hybridized carbons (Fsp3) is 0.143. The van der Waals surface area contributed by atoms with Gasteiger partial charge in [-0.2, -0.15) is 0 Å². The van der Waals surface area contributed by atoms with Gasteiger partial charge in [-0.1, -0.05) is 48.0 Å². The lowest BCUT2D eigenvalue weighted by molar-refractivity contribution is -0.254. The Morgan fingerprint density at radius 1 is 1.08 bits per heavy atom. The SMILES string of the molecule is Cc1ccc(/C=C2\CCc3c2nc2ccccc2c3C(=O)[O-])cc1. The maximum atomic E-state index is 11.7. The van der Waals surface area contributed by atoms with E-state index in [4.69, 9.17) is 4.98 Å².